The molecule has 1 aromatic carbocycles. The summed E-state index contributed by atoms with van der Waals surface area (Å²) in [4.78, 5) is 11.6. The third-order valence-corrected chi connectivity index (χ3v) is 6.01. The first kappa shape index (κ1) is 16.7. The van der Waals surface area contributed by atoms with E-state index in [4.69, 9.17) is 0 Å². The molecule has 0 atom stereocenters. The highest BCUT2D eigenvalue weighted by Crippen LogP contribution is 2.26. The Bertz CT molecular complexity index is 802. The number of esters is 1. The lowest BCUT2D eigenvalue weighted by atomic mass is 10.1. The number of thioether (sulfide) groups is 1. The Morgan fingerprint density at radius 1 is 1.36 bits per heavy atom. The molecule has 0 unspecified atom stereocenters. The molecule has 2 aromatic rings. The smallest absolute Gasteiger partial charge is 0.338 e. The normalized spacial score (nSPS) is 11.2. The average molecular weight is 359 g/mol. The zero-order valence-corrected chi connectivity index (χ0v) is 14.4. The molecule has 0 spiro atoms. The minimum absolute atomic E-state index is 0.0422. The summed E-state index contributed by atoms with van der Waals surface area (Å²) in [5, 5.41) is 7.74. The molecule has 1 heterocycles. The van der Waals surface area contributed by atoms with Gasteiger partial charge in [-0.2, -0.15) is 0 Å². The molecule has 2 rings (SSSR count). The maximum Gasteiger partial charge on any atom is 0.338 e. The molecule has 0 fully saturated rings. The van der Waals surface area contributed by atoms with Crippen LogP contribution in [0.4, 0.5) is 5.13 Å². The highest BCUT2D eigenvalue weighted by atomic mass is 32.2. The van der Waals surface area contributed by atoms with Gasteiger partial charge in [-0.25, -0.2) is 13.2 Å². The van der Waals surface area contributed by atoms with Gasteiger partial charge in [0.15, 0.2) is 4.34 Å². The van der Waals surface area contributed by atoms with Gasteiger partial charge in [0.2, 0.25) is 5.13 Å². The van der Waals surface area contributed by atoms with Gasteiger partial charge in [-0.3, -0.25) is 4.72 Å². The van der Waals surface area contributed by atoms with Gasteiger partial charge in [-0.15, -0.1) is 10.2 Å². The molecule has 7 nitrogen and oxygen atoms in total. The third-order valence-electron chi connectivity index (χ3n) is 2.73. The average Bonchev–Trinajstić information content (AvgIpc) is 2.93. The van der Waals surface area contributed by atoms with E-state index in [2.05, 4.69) is 19.7 Å². The van der Waals surface area contributed by atoms with E-state index >= 15 is 0 Å². The second-order valence-electron chi connectivity index (χ2n) is 4.15. The van der Waals surface area contributed by atoms with Crippen LogP contribution in [0.15, 0.2) is 27.4 Å². The molecule has 0 aliphatic rings. The number of aromatic nitrogens is 2. The number of sulfonamides is 1. The Hall–Kier alpha value is -1.65. The maximum atomic E-state index is 12.3. The number of ether oxygens (including phenoxy) is 1. The van der Waals surface area contributed by atoms with E-state index in [9.17, 15) is 13.2 Å². The second kappa shape index (κ2) is 6.63. The number of nitrogens with zero attached hydrogens (tertiary/aromatic N) is 2. The van der Waals surface area contributed by atoms with Crippen LogP contribution in [0.3, 0.4) is 0 Å². The number of nitrogens with one attached hydrogen (secondary N) is 1. The molecule has 1 aromatic heterocycles. The van der Waals surface area contributed by atoms with Crippen molar-refractivity contribution in [2.24, 2.45) is 0 Å². The van der Waals surface area contributed by atoms with E-state index in [0.29, 0.717) is 9.90 Å². The monoisotopic (exact) mass is 359 g/mol. The first-order valence-electron chi connectivity index (χ1n) is 5.96. The lowest BCUT2D eigenvalue weighted by molar-refractivity contribution is 0.0599. The van der Waals surface area contributed by atoms with E-state index in [1.54, 1.807) is 13.0 Å². The van der Waals surface area contributed by atoms with Gasteiger partial charge in [-0.1, -0.05) is 29.2 Å². The van der Waals surface area contributed by atoms with Crippen LogP contribution < -0.4 is 4.72 Å². The van der Waals surface area contributed by atoms with Gasteiger partial charge < -0.3 is 4.74 Å². The van der Waals surface area contributed by atoms with Crippen LogP contribution in [0, 0.1) is 6.92 Å². The first-order chi connectivity index (χ1) is 10.4. The summed E-state index contributed by atoms with van der Waals surface area (Å²) in [5.41, 5.74) is 0.832. The summed E-state index contributed by atoms with van der Waals surface area (Å²) >= 11 is 2.50. The molecule has 0 radical (unpaired) electrons. The molecule has 0 saturated heterocycles. The number of carbonyl (C=O) groups is 1. The van der Waals surface area contributed by atoms with Crippen LogP contribution in [0.1, 0.15) is 15.9 Å². The van der Waals surface area contributed by atoms with Crippen molar-refractivity contribution in [3.05, 3.63) is 29.3 Å². The van der Waals surface area contributed by atoms with E-state index in [1.807, 2.05) is 6.26 Å². The molecule has 0 aliphatic carbocycles. The van der Waals surface area contributed by atoms with Crippen LogP contribution >= 0.6 is 23.1 Å². The van der Waals surface area contributed by atoms with E-state index in [-0.39, 0.29) is 15.6 Å². The molecule has 1 N–H and O–H groups in total. The molecule has 0 aliphatic heterocycles. The molecule has 0 saturated carbocycles. The fourth-order valence-corrected chi connectivity index (χ4v) is 4.03. The molecule has 22 heavy (non-hydrogen) atoms. The molecule has 0 amide bonds. The number of methoxy groups -OCH3 is 1. The van der Waals surface area contributed by atoms with Gasteiger partial charge in [0.1, 0.15) is 0 Å². The minimum Gasteiger partial charge on any atom is -0.465 e. The van der Waals surface area contributed by atoms with Crippen molar-refractivity contribution in [2.45, 2.75) is 16.2 Å². The molecule has 10 heteroatoms. The summed E-state index contributed by atoms with van der Waals surface area (Å²) < 4.78 is 32.3. The highest BCUT2D eigenvalue weighted by molar-refractivity contribution is 8.00. The van der Waals surface area contributed by atoms with Crippen molar-refractivity contribution in [3.63, 3.8) is 0 Å². The van der Waals surface area contributed by atoms with E-state index in [1.165, 1.54) is 31.0 Å². The fraction of sp³-hybridized carbons (Fsp3) is 0.250. The number of hydrogen-bond acceptors (Lipinski definition) is 8. The predicted octanol–water partition coefficient (Wildman–Crippen LogP) is 2.16. The van der Waals surface area contributed by atoms with E-state index in [0.717, 1.165) is 11.3 Å². The van der Waals surface area contributed by atoms with E-state index < -0.39 is 16.0 Å². The van der Waals surface area contributed by atoms with Gasteiger partial charge in [-0.05, 0) is 30.9 Å². The molecule has 118 valence electrons. The topological polar surface area (TPSA) is 98.2 Å². The van der Waals surface area contributed by atoms with Crippen molar-refractivity contribution in [2.75, 3.05) is 18.1 Å². The first-order valence-corrected chi connectivity index (χ1v) is 9.49. The maximum absolute atomic E-state index is 12.3. The van der Waals surface area contributed by atoms with Crippen LogP contribution in [0.25, 0.3) is 0 Å². The summed E-state index contributed by atoms with van der Waals surface area (Å²) in [7, 11) is -2.61. The van der Waals surface area contributed by atoms with Crippen molar-refractivity contribution in [3.8, 4) is 0 Å². The number of hydrogen-bond donors (Lipinski definition) is 1. The summed E-state index contributed by atoms with van der Waals surface area (Å²) in [6.45, 7) is 1.70. The number of rotatable bonds is 5. The number of anilines is 1. The lowest BCUT2D eigenvalue weighted by Crippen LogP contribution is -2.14. The van der Waals surface area contributed by atoms with Gasteiger partial charge in [0, 0.05) is 0 Å². The van der Waals surface area contributed by atoms with Crippen LogP contribution in [-0.4, -0.2) is 38.0 Å². The Balaban J connectivity index is 2.35. The van der Waals surface area contributed by atoms with Crippen molar-refractivity contribution < 1.29 is 17.9 Å². The highest BCUT2D eigenvalue weighted by Gasteiger charge is 2.20. The van der Waals surface area contributed by atoms with Crippen molar-refractivity contribution >= 4 is 44.2 Å². The SMILES string of the molecule is COC(=O)c1cc(S(=O)(=O)Nc2nnc(SC)s2)ccc1C. The number of aryl methyl sites for hydroxylation is 1. The van der Waals surface area contributed by atoms with Gasteiger partial charge in [0.05, 0.1) is 17.6 Å². The summed E-state index contributed by atoms with van der Waals surface area (Å²) in [6, 6.07) is 4.24. The Kier molecular flexibility index (Phi) is 5.04. The Morgan fingerprint density at radius 2 is 2.09 bits per heavy atom. The Morgan fingerprint density at radius 3 is 2.68 bits per heavy atom. The zero-order valence-electron chi connectivity index (χ0n) is 12.0. The van der Waals surface area contributed by atoms with Crippen LogP contribution in [-0.2, 0) is 14.8 Å². The largest absolute Gasteiger partial charge is 0.465 e. The summed E-state index contributed by atoms with van der Waals surface area (Å²) in [6.07, 6.45) is 1.82. The standard InChI is InChI=1S/C12H13N3O4S3/c1-7-4-5-8(6-9(7)10(16)19-2)22(17,18)15-11-13-14-12(20-3)21-11/h4-6H,1-3H3,(H,13,15). The number of benzene rings is 1. The lowest BCUT2D eigenvalue weighted by Gasteiger charge is -2.08. The molecular weight excluding hydrogens is 346 g/mol. The van der Waals surface area contributed by atoms with Gasteiger partial charge >= 0.3 is 5.97 Å². The second-order valence-corrected chi connectivity index (χ2v) is 7.86. The fourth-order valence-electron chi connectivity index (χ4n) is 1.61. The molecular formula is C12H13N3O4S3. The minimum atomic E-state index is -3.85. The third kappa shape index (κ3) is 3.57. The molecule has 0 bridgehead atoms. The van der Waals surface area contributed by atoms with Crippen LogP contribution in [0.2, 0.25) is 0 Å². The quantitative estimate of drug-likeness (QED) is 0.645. The van der Waals surface area contributed by atoms with Crippen molar-refractivity contribution in [1.29, 1.82) is 0 Å². The summed E-state index contributed by atoms with van der Waals surface area (Å²) in [5.74, 6) is -0.588. The predicted molar refractivity (Wildman–Crippen MR) is 85.0 cm³/mol. The number of carbonyl (C=O) groups excluding carboxylic acids is 1. The van der Waals surface area contributed by atoms with Crippen molar-refractivity contribution in [1.82, 2.24) is 10.2 Å². The van der Waals surface area contributed by atoms with Gasteiger partial charge in [0.25, 0.3) is 10.0 Å². The zero-order chi connectivity index (χ0) is 16.3. The Labute approximate surface area is 136 Å². The van der Waals surface area contributed by atoms with Crippen LogP contribution in [0.5, 0.6) is 0 Å².